The van der Waals surface area contributed by atoms with E-state index in [2.05, 4.69) is 26.0 Å². The molecule has 2 heterocycles. The predicted octanol–water partition coefficient (Wildman–Crippen LogP) is 1.01. The van der Waals surface area contributed by atoms with Gasteiger partial charge in [0.2, 0.25) is 0 Å². The molecule has 2 aromatic heterocycles. The van der Waals surface area contributed by atoms with Crippen molar-refractivity contribution in [3.05, 3.63) is 28.9 Å². The standard InChI is InChI=1S/C8H10BrN5/c1-13-3-2-11-7(13)5-14-4-6(9)8(10)12-14/h2-4H,5H2,1H3,(H2,10,12). The Morgan fingerprint density at radius 1 is 1.57 bits per heavy atom. The summed E-state index contributed by atoms with van der Waals surface area (Å²) in [5.74, 6) is 1.44. The zero-order valence-electron chi connectivity index (χ0n) is 7.68. The molecule has 0 aromatic carbocycles. The van der Waals surface area contributed by atoms with Crippen LogP contribution in [0.1, 0.15) is 5.82 Å². The summed E-state index contributed by atoms with van der Waals surface area (Å²) in [5, 5.41) is 4.12. The SMILES string of the molecule is Cn1ccnc1Cn1cc(Br)c(N)n1. The average molecular weight is 256 g/mol. The van der Waals surface area contributed by atoms with Crippen molar-refractivity contribution in [2.45, 2.75) is 6.54 Å². The van der Waals surface area contributed by atoms with Crippen LogP contribution in [0.25, 0.3) is 0 Å². The van der Waals surface area contributed by atoms with Crippen LogP contribution >= 0.6 is 15.9 Å². The zero-order chi connectivity index (χ0) is 10.1. The molecule has 0 radical (unpaired) electrons. The van der Waals surface area contributed by atoms with Gasteiger partial charge in [-0.3, -0.25) is 4.68 Å². The molecule has 14 heavy (non-hydrogen) atoms. The Bertz CT molecular complexity index is 425. The third-order valence-electron chi connectivity index (χ3n) is 1.97. The van der Waals surface area contributed by atoms with Crippen molar-refractivity contribution in [3.8, 4) is 0 Å². The third kappa shape index (κ3) is 1.65. The second-order valence-corrected chi connectivity index (χ2v) is 3.87. The number of aromatic nitrogens is 4. The van der Waals surface area contributed by atoms with E-state index in [1.807, 2.05) is 24.0 Å². The minimum absolute atomic E-state index is 0.499. The molecule has 74 valence electrons. The van der Waals surface area contributed by atoms with Gasteiger partial charge in [-0.2, -0.15) is 5.10 Å². The van der Waals surface area contributed by atoms with Gasteiger partial charge >= 0.3 is 0 Å². The molecular weight excluding hydrogens is 246 g/mol. The van der Waals surface area contributed by atoms with Crippen LogP contribution in [0.3, 0.4) is 0 Å². The summed E-state index contributed by atoms with van der Waals surface area (Å²) < 4.78 is 4.51. The van der Waals surface area contributed by atoms with E-state index in [4.69, 9.17) is 5.73 Å². The van der Waals surface area contributed by atoms with Crippen molar-refractivity contribution in [2.24, 2.45) is 7.05 Å². The highest BCUT2D eigenvalue weighted by Gasteiger charge is 2.05. The van der Waals surface area contributed by atoms with Gasteiger partial charge in [0, 0.05) is 25.6 Å². The molecule has 0 fully saturated rings. The number of anilines is 1. The first-order valence-corrected chi connectivity index (χ1v) is 4.91. The summed E-state index contributed by atoms with van der Waals surface area (Å²) in [6, 6.07) is 0. The molecule has 2 N–H and O–H groups in total. The molecule has 0 saturated heterocycles. The van der Waals surface area contributed by atoms with Crippen molar-refractivity contribution in [1.82, 2.24) is 19.3 Å². The lowest BCUT2D eigenvalue weighted by Crippen LogP contribution is -2.06. The fourth-order valence-corrected chi connectivity index (χ4v) is 1.50. The van der Waals surface area contributed by atoms with Gasteiger partial charge < -0.3 is 10.3 Å². The molecule has 0 aliphatic rings. The lowest BCUT2D eigenvalue weighted by Gasteiger charge is -2.00. The Morgan fingerprint density at radius 2 is 2.36 bits per heavy atom. The smallest absolute Gasteiger partial charge is 0.159 e. The highest BCUT2D eigenvalue weighted by Crippen LogP contribution is 2.16. The van der Waals surface area contributed by atoms with Gasteiger partial charge in [-0.25, -0.2) is 4.98 Å². The van der Waals surface area contributed by atoms with E-state index < -0.39 is 0 Å². The van der Waals surface area contributed by atoms with E-state index >= 15 is 0 Å². The molecule has 0 unspecified atom stereocenters. The molecule has 0 amide bonds. The third-order valence-corrected chi connectivity index (χ3v) is 2.58. The summed E-state index contributed by atoms with van der Waals surface area (Å²) in [7, 11) is 1.95. The number of nitrogens with zero attached hydrogens (tertiary/aromatic N) is 4. The summed E-state index contributed by atoms with van der Waals surface area (Å²) >= 11 is 3.30. The van der Waals surface area contributed by atoms with Crippen LogP contribution in [0.4, 0.5) is 5.82 Å². The monoisotopic (exact) mass is 255 g/mol. The molecule has 0 saturated carbocycles. The second-order valence-electron chi connectivity index (χ2n) is 3.01. The zero-order valence-corrected chi connectivity index (χ0v) is 9.27. The maximum atomic E-state index is 5.60. The minimum Gasteiger partial charge on any atom is -0.381 e. The molecule has 0 aliphatic carbocycles. The van der Waals surface area contributed by atoms with Crippen LogP contribution in [-0.4, -0.2) is 19.3 Å². The highest BCUT2D eigenvalue weighted by molar-refractivity contribution is 9.10. The first kappa shape index (κ1) is 9.26. The summed E-state index contributed by atoms with van der Waals surface area (Å²) in [6.45, 7) is 0.624. The Morgan fingerprint density at radius 3 is 2.86 bits per heavy atom. The van der Waals surface area contributed by atoms with E-state index in [1.54, 1.807) is 10.9 Å². The van der Waals surface area contributed by atoms with Crippen LogP contribution in [0.15, 0.2) is 23.1 Å². The Kier molecular flexibility index (Phi) is 2.28. The lowest BCUT2D eigenvalue weighted by atomic mass is 10.6. The quantitative estimate of drug-likeness (QED) is 0.872. The number of nitrogen functional groups attached to an aromatic ring is 1. The Hall–Kier alpha value is -1.30. The maximum Gasteiger partial charge on any atom is 0.159 e. The van der Waals surface area contributed by atoms with Gasteiger partial charge in [0.05, 0.1) is 11.0 Å². The number of rotatable bonds is 2. The van der Waals surface area contributed by atoms with Gasteiger partial charge in [0.15, 0.2) is 5.82 Å². The van der Waals surface area contributed by atoms with Gasteiger partial charge in [0.1, 0.15) is 5.82 Å². The van der Waals surface area contributed by atoms with Crippen LogP contribution in [-0.2, 0) is 13.6 Å². The molecule has 0 atom stereocenters. The van der Waals surface area contributed by atoms with E-state index in [9.17, 15) is 0 Å². The van der Waals surface area contributed by atoms with Crippen molar-refractivity contribution in [3.63, 3.8) is 0 Å². The Balaban J connectivity index is 2.23. The van der Waals surface area contributed by atoms with Crippen molar-refractivity contribution in [1.29, 1.82) is 0 Å². The van der Waals surface area contributed by atoms with Crippen LogP contribution < -0.4 is 5.73 Å². The first-order valence-electron chi connectivity index (χ1n) is 4.11. The highest BCUT2D eigenvalue weighted by atomic mass is 79.9. The number of imidazole rings is 1. The fraction of sp³-hybridized carbons (Fsp3) is 0.250. The van der Waals surface area contributed by atoms with E-state index in [-0.39, 0.29) is 0 Å². The largest absolute Gasteiger partial charge is 0.381 e. The van der Waals surface area contributed by atoms with Gasteiger partial charge in [-0.05, 0) is 15.9 Å². The lowest BCUT2D eigenvalue weighted by molar-refractivity contribution is 0.634. The summed E-state index contributed by atoms with van der Waals surface area (Å²) in [6.07, 6.45) is 5.50. The van der Waals surface area contributed by atoms with Gasteiger partial charge in [-0.1, -0.05) is 0 Å². The van der Waals surface area contributed by atoms with Crippen LogP contribution in [0.5, 0.6) is 0 Å². The van der Waals surface area contributed by atoms with Crippen molar-refractivity contribution >= 4 is 21.7 Å². The second kappa shape index (κ2) is 3.45. The summed E-state index contributed by atoms with van der Waals surface area (Å²) in [5.41, 5.74) is 5.60. The molecule has 0 aliphatic heterocycles. The maximum absolute atomic E-state index is 5.60. The molecule has 0 spiro atoms. The Labute approximate surface area is 89.7 Å². The molecule has 2 aromatic rings. The van der Waals surface area contributed by atoms with E-state index in [0.29, 0.717) is 12.4 Å². The minimum atomic E-state index is 0.499. The number of hydrogen-bond acceptors (Lipinski definition) is 3. The average Bonchev–Trinajstić information content (AvgIpc) is 2.63. The first-order chi connectivity index (χ1) is 6.66. The van der Waals surface area contributed by atoms with Crippen LogP contribution in [0.2, 0.25) is 0 Å². The molecule has 2 rings (SSSR count). The van der Waals surface area contributed by atoms with E-state index in [0.717, 1.165) is 10.3 Å². The molecule has 5 nitrogen and oxygen atoms in total. The van der Waals surface area contributed by atoms with Gasteiger partial charge in [0.25, 0.3) is 0 Å². The summed E-state index contributed by atoms with van der Waals surface area (Å²) in [4.78, 5) is 4.20. The normalized spacial score (nSPS) is 10.7. The number of halogens is 1. The van der Waals surface area contributed by atoms with Gasteiger partial charge in [-0.15, -0.1) is 0 Å². The fourth-order valence-electron chi connectivity index (χ4n) is 1.19. The number of aryl methyl sites for hydroxylation is 1. The number of nitrogens with two attached hydrogens (primary N) is 1. The van der Waals surface area contributed by atoms with Crippen molar-refractivity contribution in [2.75, 3.05) is 5.73 Å². The molecular formula is C8H10BrN5. The predicted molar refractivity (Wildman–Crippen MR) is 56.6 cm³/mol. The number of hydrogen-bond donors (Lipinski definition) is 1. The molecule has 6 heteroatoms. The van der Waals surface area contributed by atoms with Crippen molar-refractivity contribution < 1.29 is 0 Å². The molecule has 0 bridgehead atoms. The van der Waals surface area contributed by atoms with Crippen LogP contribution in [0, 0.1) is 0 Å². The van der Waals surface area contributed by atoms with E-state index in [1.165, 1.54) is 0 Å². The topological polar surface area (TPSA) is 61.7 Å².